The number of amides is 1. The molecule has 0 unspecified atom stereocenters. The number of rotatable bonds is 5. The Kier molecular flexibility index (Phi) is 4.89. The van der Waals surface area contributed by atoms with Gasteiger partial charge in [-0.1, -0.05) is 42.5 Å². The van der Waals surface area contributed by atoms with E-state index in [0.717, 1.165) is 16.8 Å². The van der Waals surface area contributed by atoms with Crippen molar-refractivity contribution >= 4 is 11.9 Å². The summed E-state index contributed by atoms with van der Waals surface area (Å²) in [5.41, 5.74) is 4.12. The Hall–Kier alpha value is -3.34. The number of aromatic carboxylic acids is 1. The third-order valence-corrected chi connectivity index (χ3v) is 4.36. The van der Waals surface area contributed by atoms with E-state index in [2.05, 4.69) is 5.32 Å². The molecule has 0 aliphatic heterocycles. The van der Waals surface area contributed by atoms with Crippen LogP contribution in [0.2, 0.25) is 0 Å². The number of nitrogens with one attached hydrogen (secondary N) is 1. The fourth-order valence-electron chi connectivity index (χ4n) is 3.07. The van der Waals surface area contributed by atoms with Crippen molar-refractivity contribution in [2.24, 2.45) is 7.05 Å². The van der Waals surface area contributed by atoms with Gasteiger partial charge in [-0.3, -0.25) is 4.79 Å². The minimum atomic E-state index is -0.957. The van der Waals surface area contributed by atoms with Crippen LogP contribution in [0.25, 0.3) is 11.3 Å². The molecule has 1 amide bonds. The first kappa shape index (κ1) is 17.5. The van der Waals surface area contributed by atoms with Gasteiger partial charge in [0.2, 0.25) is 0 Å². The molecule has 2 aromatic carbocycles. The predicted octanol–water partition coefficient (Wildman–Crippen LogP) is 3.63. The fourth-order valence-corrected chi connectivity index (χ4v) is 3.07. The summed E-state index contributed by atoms with van der Waals surface area (Å²) < 4.78 is 1.78. The zero-order valence-corrected chi connectivity index (χ0v) is 14.7. The molecule has 0 bridgehead atoms. The molecule has 0 spiro atoms. The van der Waals surface area contributed by atoms with Gasteiger partial charge < -0.3 is 15.0 Å². The van der Waals surface area contributed by atoms with Gasteiger partial charge in [0.05, 0.1) is 11.3 Å². The summed E-state index contributed by atoms with van der Waals surface area (Å²) in [6.45, 7) is 2.23. The molecule has 3 aromatic rings. The van der Waals surface area contributed by atoms with Crippen molar-refractivity contribution in [2.75, 3.05) is 0 Å². The van der Waals surface area contributed by atoms with Crippen LogP contribution in [0.4, 0.5) is 0 Å². The van der Waals surface area contributed by atoms with E-state index in [1.54, 1.807) is 42.9 Å². The lowest BCUT2D eigenvalue weighted by Crippen LogP contribution is -2.22. The van der Waals surface area contributed by atoms with Crippen LogP contribution < -0.4 is 5.32 Å². The molecule has 0 aliphatic carbocycles. The quantitative estimate of drug-likeness (QED) is 0.740. The summed E-state index contributed by atoms with van der Waals surface area (Å²) in [7, 11) is 1.80. The number of benzene rings is 2. The average Bonchev–Trinajstić information content (AvgIpc) is 2.95. The van der Waals surface area contributed by atoms with Crippen LogP contribution in [-0.4, -0.2) is 21.6 Å². The topological polar surface area (TPSA) is 71.3 Å². The lowest BCUT2D eigenvalue weighted by atomic mass is 10.0. The number of carbonyl (C=O) groups excluding carboxylic acids is 1. The highest BCUT2D eigenvalue weighted by atomic mass is 16.4. The lowest BCUT2D eigenvalue weighted by molar-refractivity contribution is 0.0696. The van der Waals surface area contributed by atoms with E-state index in [4.69, 9.17) is 0 Å². The molecule has 0 saturated carbocycles. The standard InChI is InChI=1S/C21H20N2O3/c1-14-18(21(25)26)13-23(2)19(14)16-9-6-10-17(11-16)20(24)22-12-15-7-4-3-5-8-15/h3-11,13H,12H2,1-2H3,(H,22,24)(H,25,26). The van der Waals surface area contributed by atoms with Crippen LogP contribution in [0, 0.1) is 6.92 Å². The molecule has 0 fully saturated rings. The molecule has 0 saturated heterocycles. The van der Waals surface area contributed by atoms with Crippen LogP contribution in [0.1, 0.15) is 31.8 Å². The van der Waals surface area contributed by atoms with Crippen molar-refractivity contribution in [2.45, 2.75) is 13.5 Å². The Morgan fingerprint density at radius 3 is 2.46 bits per heavy atom. The van der Waals surface area contributed by atoms with E-state index in [1.807, 2.05) is 36.4 Å². The third kappa shape index (κ3) is 3.52. The Morgan fingerprint density at radius 1 is 1.08 bits per heavy atom. The fraction of sp³-hybridized carbons (Fsp3) is 0.143. The number of nitrogens with zero attached hydrogens (tertiary/aromatic N) is 1. The molecule has 0 aliphatic rings. The number of carboxylic acid groups (broad SMARTS) is 1. The van der Waals surface area contributed by atoms with Crippen molar-refractivity contribution in [3.8, 4) is 11.3 Å². The molecule has 2 N–H and O–H groups in total. The van der Waals surface area contributed by atoms with E-state index in [1.165, 1.54) is 0 Å². The SMILES string of the molecule is Cc1c(C(=O)O)cn(C)c1-c1cccc(C(=O)NCc2ccccc2)c1. The smallest absolute Gasteiger partial charge is 0.337 e. The van der Waals surface area contributed by atoms with Crippen LogP contribution in [0.5, 0.6) is 0 Å². The van der Waals surface area contributed by atoms with Crippen LogP contribution in [0.3, 0.4) is 0 Å². The van der Waals surface area contributed by atoms with Crippen LogP contribution in [-0.2, 0) is 13.6 Å². The highest BCUT2D eigenvalue weighted by Gasteiger charge is 2.17. The van der Waals surface area contributed by atoms with Gasteiger partial charge in [-0.05, 0) is 35.7 Å². The first-order valence-electron chi connectivity index (χ1n) is 8.29. The van der Waals surface area contributed by atoms with Crippen molar-refractivity contribution in [1.82, 2.24) is 9.88 Å². The van der Waals surface area contributed by atoms with Gasteiger partial charge in [-0.2, -0.15) is 0 Å². The summed E-state index contributed by atoms with van der Waals surface area (Å²) >= 11 is 0. The van der Waals surface area contributed by atoms with Crippen molar-refractivity contribution in [1.29, 1.82) is 0 Å². The molecule has 5 nitrogen and oxygen atoms in total. The molecule has 26 heavy (non-hydrogen) atoms. The van der Waals surface area contributed by atoms with Gasteiger partial charge >= 0.3 is 5.97 Å². The number of hydrogen-bond acceptors (Lipinski definition) is 2. The van der Waals surface area contributed by atoms with E-state index >= 15 is 0 Å². The molecule has 1 aromatic heterocycles. The molecule has 132 valence electrons. The minimum Gasteiger partial charge on any atom is -0.478 e. The number of aryl methyl sites for hydroxylation is 1. The normalized spacial score (nSPS) is 10.5. The number of carboxylic acids is 1. The highest BCUT2D eigenvalue weighted by molar-refractivity contribution is 5.96. The summed E-state index contributed by atoms with van der Waals surface area (Å²) in [4.78, 5) is 23.8. The largest absolute Gasteiger partial charge is 0.478 e. The molecular formula is C21H20N2O3. The lowest BCUT2D eigenvalue weighted by Gasteiger charge is -2.09. The predicted molar refractivity (Wildman–Crippen MR) is 100 cm³/mol. The van der Waals surface area contributed by atoms with Gasteiger partial charge in [-0.15, -0.1) is 0 Å². The van der Waals surface area contributed by atoms with Gasteiger partial charge in [0, 0.05) is 25.4 Å². The zero-order valence-electron chi connectivity index (χ0n) is 14.7. The maximum atomic E-state index is 12.5. The van der Waals surface area contributed by atoms with Crippen LogP contribution in [0.15, 0.2) is 60.8 Å². The maximum absolute atomic E-state index is 12.5. The average molecular weight is 348 g/mol. The summed E-state index contributed by atoms with van der Waals surface area (Å²) in [5, 5.41) is 12.2. The van der Waals surface area contributed by atoms with E-state index in [0.29, 0.717) is 17.7 Å². The minimum absolute atomic E-state index is 0.166. The van der Waals surface area contributed by atoms with Gasteiger partial charge in [0.1, 0.15) is 0 Å². The highest BCUT2D eigenvalue weighted by Crippen LogP contribution is 2.28. The van der Waals surface area contributed by atoms with E-state index < -0.39 is 5.97 Å². The third-order valence-electron chi connectivity index (χ3n) is 4.36. The van der Waals surface area contributed by atoms with Crippen LogP contribution >= 0.6 is 0 Å². The number of aromatic nitrogens is 1. The molecule has 1 heterocycles. The molecule has 0 radical (unpaired) electrons. The Bertz CT molecular complexity index is 959. The van der Waals surface area contributed by atoms with Gasteiger partial charge in [-0.25, -0.2) is 4.79 Å². The number of hydrogen-bond donors (Lipinski definition) is 2. The van der Waals surface area contributed by atoms with Gasteiger partial charge in [0.25, 0.3) is 5.91 Å². The molecule has 0 atom stereocenters. The molecule has 5 heteroatoms. The second-order valence-corrected chi connectivity index (χ2v) is 6.18. The Morgan fingerprint density at radius 2 is 1.81 bits per heavy atom. The second kappa shape index (κ2) is 7.27. The van der Waals surface area contributed by atoms with Gasteiger partial charge in [0.15, 0.2) is 0 Å². The molecular weight excluding hydrogens is 328 g/mol. The zero-order chi connectivity index (χ0) is 18.7. The maximum Gasteiger partial charge on any atom is 0.337 e. The molecule has 3 rings (SSSR count). The first-order chi connectivity index (χ1) is 12.5. The first-order valence-corrected chi connectivity index (χ1v) is 8.29. The summed E-state index contributed by atoms with van der Waals surface area (Å²) in [5.74, 6) is -1.12. The summed E-state index contributed by atoms with van der Waals surface area (Å²) in [6.07, 6.45) is 1.59. The van der Waals surface area contributed by atoms with Crippen molar-refractivity contribution in [3.63, 3.8) is 0 Å². The van der Waals surface area contributed by atoms with Crippen molar-refractivity contribution < 1.29 is 14.7 Å². The monoisotopic (exact) mass is 348 g/mol. The Labute approximate surface area is 151 Å². The van der Waals surface area contributed by atoms with E-state index in [-0.39, 0.29) is 11.5 Å². The Balaban J connectivity index is 1.85. The van der Waals surface area contributed by atoms with E-state index in [9.17, 15) is 14.7 Å². The second-order valence-electron chi connectivity index (χ2n) is 6.18. The van der Waals surface area contributed by atoms with Crippen molar-refractivity contribution in [3.05, 3.63) is 83.0 Å². The summed E-state index contributed by atoms with van der Waals surface area (Å²) in [6, 6.07) is 16.9. The number of carbonyl (C=O) groups is 2.